The quantitative estimate of drug-likeness (QED) is 0.892. The van der Waals surface area contributed by atoms with E-state index in [1.165, 1.54) is 0 Å². The van der Waals surface area contributed by atoms with E-state index in [0.29, 0.717) is 43.4 Å². The van der Waals surface area contributed by atoms with Gasteiger partial charge in [0.05, 0.1) is 25.8 Å². The Hall–Kier alpha value is -1.63. The molecule has 2 atom stereocenters. The van der Waals surface area contributed by atoms with Gasteiger partial charge >= 0.3 is 5.97 Å². The number of carboxylic acids is 1. The molecule has 0 unspecified atom stereocenters. The summed E-state index contributed by atoms with van der Waals surface area (Å²) in [4.78, 5) is 27.8. The number of aliphatic carboxylic acids is 1. The molecule has 2 aliphatic rings. The summed E-state index contributed by atoms with van der Waals surface area (Å²) in [7, 11) is 0. The minimum Gasteiger partial charge on any atom is -0.480 e. The van der Waals surface area contributed by atoms with E-state index in [4.69, 9.17) is 21.4 Å². The second kappa shape index (κ2) is 7.09. The number of ether oxygens (including phenoxy) is 1. The molecule has 3 rings (SSSR count). The standard InChI is InChI=1S/C17H21ClN2O4/c1-11-4-13(18)2-3-15(11)17(23)20-6-12-5-19(8-16(21)22)7-14(20)10-24-9-12/h2-4,12,14H,5-10H2,1H3,(H,21,22)/t12-,14-/m0/s1. The normalized spacial score (nSPS) is 24.5. The highest BCUT2D eigenvalue weighted by molar-refractivity contribution is 6.30. The molecule has 0 aliphatic carbocycles. The molecule has 1 aromatic carbocycles. The third-order valence-electron chi connectivity index (χ3n) is 4.58. The number of aryl methyl sites for hydroxylation is 1. The molecule has 1 N–H and O–H groups in total. The summed E-state index contributed by atoms with van der Waals surface area (Å²) in [6, 6.07) is 5.12. The van der Waals surface area contributed by atoms with Crippen LogP contribution in [0, 0.1) is 12.8 Å². The number of carbonyl (C=O) groups is 2. The monoisotopic (exact) mass is 352 g/mol. The predicted octanol–water partition coefficient (Wildman–Crippen LogP) is 1.51. The molecule has 0 aromatic heterocycles. The molecule has 2 heterocycles. The molecule has 24 heavy (non-hydrogen) atoms. The van der Waals surface area contributed by atoms with Gasteiger partial charge in [-0.05, 0) is 30.7 Å². The van der Waals surface area contributed by atoms with Crippen molar-refractivity contribution in [2.24, 2.45) is 5.92 Å². The number of amides is 1. The number of rotatable bonds is 3. The molecule has 2 saturated heterocycles. The summed E-state index contributed by atoms with van der Waals surface area (Å²) >= 11 is 5.98. The molecular weight excluding hydrogens is 332 g/mol. The topological polar surface area (TPSA) is 70.1 Å². The predicted molar refractivity (Wildman–Crippen MR) is 89.4 cm³/mol. The van der Waals surface area contributed by atoms with Gasteiger partial charge in [0.15, 0.2) is 0 Å². The van der Waals surface area contributed by atoms with E-state index in [2.05, 4.69) is 0 Å². The number of halogens is 1. The number of benzene rings is 1. The van der Waals surface area contributed by atoms with Crippen molar-refractivity contribution in [1.29, 1.82) is 0 Å². The van der Waals surface area contributed by atoms with Crippen LogP contribution in [0.5, 0.6) is 0 Å². The zero-order valence-electron chi connectivity index (χ0n) is 13.6. The van der Waals surface area contributed by atoms with E-state index in [1.54, 1.807) is 18.2 Å². The molecule has 2 bridgehead atoms. The van der Waals surface area contributed by atoms with Crippen LogP contribution in [0.15, 0.2) is 18.2 Å². The maximum absolute atomic E-state index is 13.0. The van der Waals surface area contributed by atoms with Gasteiger partial charge in [-0.15, -0.1) is 0 Å². The summed E-state index contributed by atoms with van der Waals surface area (Å²) in [6.45, 7) is 4.58. The fourth-order valence-electron chi connectivity index (χ4n) is 3.53. The maximum Gasteiger partial charge on any atom is 0.317 e. The summed E-state index contributed by atoms with van der Waals surface area (Å²) in [5.41, 5.74) is 1.48. The number of carbonyl (C=O) groups excluding carboxylic acids is 1. The highest BCUT2D eigenvalue weighted by Crippen LogP contribution is 2.24. The van der Waals surface area contributed by atoms with Gasteiger partial charge in [0.25, 0.3) is 5.91 Å². The molecule has 1 amide bonds. The van der Waals surface area contributed by atoms with Crippen LogP contribution in [0.25, 0.3) is 0 Å². The Bertz CT molecular complexity index is 651. The minimum atomic E-state index is -0.845. The van der Waals surface area contributed by atoms with Gasteiger partial charge in [-0.25, -0.2) is 0 Å². The van der Waals surface area contributed by atoms with E-state index >= 15 is 0 Å². The second-order valence-corrected chi connectivity index (χ2v) is 7.00. The largest absolute Gasteiger partial charge is 0.480 e. The summed E-state index contributed by atoms with van der Waals surface area (Å²) in [5.74, 6) is -0.766. The highest BCUT2D eigenvalue weighted by Gasteiger charge is 2.36. The number of hydrogen-bond acceptors (Lipinski definition) is 4. The average molecular weight is 353 g/mol. The van der Waals surface area contributed by atoms with Crippen molar-refractivity contribution in [2.45, 2.75) is 13.0 Å². The zero-order valence-corrected chi connectivity index (χ0v) is 14.3. The van der Waals surface area contributed by atoms with Crippen LogP contribution in [0.4, 0.5) is 0 Å². The van der Waals surface area contributed by atoms with E-state index in [1.807, 2.05) is 16.7 Å². The molecule has 0 radical (unpaired) electrons. The SMILES string of the molecule is Cc1cc(Cl)ccc1C(=O)N1C[C@H]2COC[C@@H]1CN(CC(=O)O)C2. The Morgan fingerprint density at radius 2 is 2.08 bits per heavy atom. The lowest BCUT2D eigenvalue weighted by atomic mass is 10.1. The smallest absolute Gasteiger partial charge is 0.317 e. The fraction of sp³-hybridized carbons (Fsp3) is 0.529. The van der Waals surface area contributed by atoms with Crippen molar-refractivity contribution in [3.63, 3.8) is 0 Å². The van der Waals surface area contributed by atoms with Crippen LogP contribution in [0.1, 0.15) is 15.9 Å². The van der Waals surface area contributed by atoms with Crippen LogP contribution in [0.2, 0.25) is 5.02 Å². The van der Waals surface area contributed by atoms with E-state index in [-0.39, 0.29) is 24.4 Å². The Kier molecular flexibility index (Phi) is 5.08. The van der Waals surface area contributed by atoms with Gasteiger partial charge in [-0.1, -0.05) is 11.6 Å². The van der Waals surface area contributed by atoms with Gasteiger partial charge in [-0.2, -0.15) is 0 Å². The number of fused-ring (bicyclic) bond motifs is 3. The van der Waals surface area contributed by atoms with Gasteiger partial charge in [-0.3, -0.25) is 14.5 Å². The van der Waals surface area contributed by atoms with Crippen molar-refractivity contribution < 1.29 is 19.4 Å². The lowest BCUT2D eigenvalue weighted by Gasteiger charge is -2.31. The lowest BCUT2D eigenvalue weighted by Crippen LogP contribution is -2.47. The van der Waals surface area contributed by atoms with Gasteiger partial charge < -0.3 is 14.7 Å². The number of carboxylic acid groups (broad SMARTS) is 1. The molecule has 1 aromatic rings. The first-order valence-electron chi connectivity index (χ1n) is 8.03. The minimum absolute atomic E-state index is 0.00496. The lowest BCUT2D eigenvalue weighted by molar-refractivity contribution is -0.138. The van der Waals surface area contributed by atoms with E-state index in [0.717, 1.165) is 5.56 Å². The molecule has 7 heteroatoms. The maximum atomic E-state index is 13.0. The fourth-order valence-corrected chi connectivity index (χ4v) is 3.76. The Labute approximate surface area is 145 Å². The van der Waals surface area contributed by atoms with Crippen molar-refractivity contribution in [1.82, 2.24) is 9.80 Å². The third kappa shape index (κ3) is 3.71. The zero-order chi connectivity index (χ0) is 17.3. The van der Waals surface area contributed by atoms with Gasteiger partial charge in [0.2, 0.25) is 0 Å². The first kappa shape index (κ1) is 17.2. The Morgan fingerprint density at radius 1 is 1.29 bits per heavy atom. The molecular formula is C17H21ClN2O4. The van der Waals surface area contributed by atoms with Crippen LogP contribution in [0.3, 0.4) is 0 Å². The summed E-state index contributed by atoms with van der Waals surface area (Å²) in [6.07, 6.45) is 0. The van der Waals surface area contributed by atoms with Crippen LogP contribution >= 0.6 is 11.6 Å². The Balaban J connectivity index is 1.84. The molecule has 6 nitrogen and oxygen atoms in total. The van der Waals surface area contributed by atoms with Crippen molar-refractivity contribution in [2.75, 3.05) is 39.4 Å². The van der Waals surface area contributed by atoms with E-state index < -0.39 is 5.97 Å². The molecule has 130 valence electrons. The summed E-state index contributed by atoms with van der Waals surface area (Å²) < 4.78 is 5.69. The van der Waals surface area contributed by atoms with Crippen LogP contribution in [-0.2, 0) is 9.53 Å². The Morgan fingerprint density at radius 3 is 2.79 bits per heavy atom. The second-order valence-electron chi connectivity index (χ2n) is 6.56. The molecule has 0 spiro atoms. The number of hydrogen-bond donors (Lipinski definition) is 1. The van der Waals surface area contributed by atoms with Crippen LogP contribution in [-0.4, -0.2) is 72.2 Å². The molecule has 0 saturated carbocycles. The molecule has 2 fully saturated rings. The number of nitrogens with zero attached hydrogens (tertiary/aromatic N) is 2. The van der Waals surface area contributed by atoms with Crippen LogP contribution < -0.4 is 0 Å². The van der Waals surface area contributed by atoms with Crippen molar-refractivity contribution in [3.8, 4) is 0 Å². The first-order chi connectivity index (χ1) is 11.4. The summed E-state index contributed by atoms with van der Waals surface area (Å²) in [5, 5.41) is 9.68. The van der Waals surface area contributed by atoms with Gasteiger partial charge in [0.1, 0.15) is 0 Å². The molecule has 2 aliphatic heterocycles. The highest BCUT2D eigenvalue weighted by atomic mass is 35.5. The van der Waals surface area contributed by atoms with Crippen molar-refractivity contribution >= 4 is 23.5 Å². The van der Waals surface area contributed by atoms with Crippen molar-refractivity contribution in [3.05, 3.63) is 34.3 Å². The first-order valence-corrected chi connectivity index (χ1v) is 8.41. The van der Waals surface area contributed by atoms with E-state index in [9.17, 15) is 9.59 Å². The third-order valence-corrected chi connectivity index (χ3v) is 4.82. The average Bonchev–Trinajstić information content (AvgIpc) is 2.76. The van der Waals surface area contributed by atoms with Gasteiger partial charge in [0, 0.05) is 36.1 Å².